The van der Waals surface area contributed by atoms with E-state index in [-0.39, 0.29) is 24.0 Å². The van der Waals surface area contributed by atoms with E-state index in [0.29, 0.717) is 53.4 Å². The Kier molecular flexibility index (Phi) is 7.13. The van der Waals surface area contributed by atoms with Gasteiger partial charge in [-0.1, -0.05) is 37.6 Å². The van der Waals surface area contributed by atoms with Gasteiger partial charge in [-0.2, -0.15) is 0 Å². The molecule has 6 heteroatoms. The number of rotatable bonds is 5. The monoisotopic (exact) mass is 476 g/mol. The average Bonchev–Trinajstić information content (AvgIpc) is 3.16. The second-order valence-electron chi connectivity index (χ2n) is 11.0. The molecule has 3 aliphatic rings. The number of benzene rings is 1. The van der Waals surface area contributed by atoms with Crippen LogP contribution in [0, 0.1) is 29.6 Å². The van der Waals surface area contributed by atoms with Crippen LogP contribution in [-0.2, 0) is 19.3 Å². The minimum Gasteiger partial charge on any atom is -0.387 e. The SMILES string of the molecule is COC[C@H]1CC[C@H](C(C)C)[C@@H]2[C@H]1[C@H]1C/C(C)=C(/S(=O)(=O)c3ccccc3)CC[C@@](C)(O)[C@@H]2O1. The molecule has 4 rings (SSSR count). The van der Waals surface area contributed by atoms with Gasteiger partial charge in [-0.15, -0.1) is 0 Å². The van der Waals surface area contributed by atoms with Crippen LogP contribution >= 0.6 is 0 Å². The van der Waals surface area contributed by atoms with Gasteiger partial charge in [-0.05, 0) is 87.7 Å². The van der Waals surface area contributed by atoms with Crippen LogP contribution in [0.1, 0.15) is 59.8 Å². The molecule has 1 aromatic rings. The van der Waals surface area contributed by atoms with Crippen LogP contribution < -0.4 is 0 Å². The molecule has 0 aromatic heterocycles. The molecule has 1 saturated heterocycles. The number of sulfone groups is 1. The van der Waals surface area contributed by atoms with E-state index in [1.54, 1.807) is 31.4 Å². The number of fused-ring (bicyclic) bond motifs is 5. The molecule has 2 fully saturated rings. The van der Waals surface area contributed by atoms with E-state index in [4.69, 9.17) is 9.47 Å². The number of aliphatic hydroxyl groups is 1. The summed E-state index contributed by atoms with van der Waals surface area (Å²) < 4.78 is 39.5. The Labute approximate surface area is 199 Å². The predicted octanol–water partition coefficient (Wildman–Crippen LogP) is 5.00. The Morgan fingerprint density at radius 3 is 2.52 bits per heavy atom. The molecule has 7 atom stereocenters. The lowest BCUT2D eigenvalue weighted by molar-refractivity contribution is -0.116. The van der Waals surface area contributed by atoms with E-state index in [1.807, 2.05) is 19.9 Å². The van der Waals surface area contributed by atoms with Gasteiger partial charge in [0.25, 0.3) is 0 Å². The van der Waals surface area contributed by atoms with Gasteiger partial charge in [0.05, 0.1) is 22.7 Å². The maximum absolute atomic E-state index is 13.6. The standard InChI is InChI=1S/C27H40O5S/c1-17(2)21-12-11-19(16-31-5)24-22-15-18(3)23(33(29,30)20-9-7-6-8-10-20)13-14-27(4,28)26(32-22)25(21)24/h6-10,17,19,21-22,24-26,28H,11-16H2,1-5H3/b23-18+/t19-,21-,22-,24-,25-,26-,27-/m1/s1. The van der Waals surface area contributed by atoms with Crippen LogP contribution in [0.3, 0.4) is 0 Å². The van der Waals surface area contributed by atoms with Gasteiger partial charge in [0.2, 0.25) is 9.84 Å². The van der Waals surface area contributed by atoms with Crippen molar-refractivity contribution in [3.8, 4) is 0 Å². The molecule has 33 heavy (non-hydrogen) atoms. The molecule has 0 amide bonds. The Bertz CT molecular complexity index is 965. The van der Waals surface area contributed by atoms with Crippen molar-refractivity contribution < 1.29 is 23.0 Å². The summed E-state index contributed by atoms with van der Waals surface area (Å²) in [6.45, 7) is 9.02. The first-order chi connectivity index (χ1) is 15.6. The third-order valence-electron chi connectivity index (χ3n) is 8.52. The van der Waals surface area contributed by atoms with Crippen LogP contribution in [0.5, 0.6) is 0 Å². The van der Waals surface area contributed by atoms with E-state index in [9.17, 15) is 13.5 Å². The van der Waals surface area contributed by atoms with Gasteiger partial charge in [-0.25, -0.2) is 8.42 Å². The zero-order chi connectivity index (χ0) is 24.0. The zero-order valence-corrected chi connectivity index (χ0v) is 21.5. The van der Waals surface area contributed by atoms with Crippen molar-refractivity contribution >= 4 is 9.84 Å². The van der Waals surface area contributed by atoms with Crippen molar-refractivity contribution in [2.24, 2.45) is 29.6 Å². The Balaban J connectivity index is 1.78. The highest BCUT2D eigenvalue weighted by Crippen LogP contribution is 2.55. The first-order valence-corrected chi connectivity index (χ1v) is 13.9. The van der Waals surface area contributed by atoms with E-state index in [1.165, 1.54) is 0 Å². The third-order valence-corrected chi connectivity index (χ3v) is 10.6. The second-order valence-corrected chi connectivity index (χ2v) is 13.0. The van der Waals surface area contributed by atoms with Crippen molar-refractivity contribution in [2.75, 3.05) is 13.7 Å². The Hall–Kier alpha value is -1.21. The molecule has 1 saturated carbocycles. The summed E-state index contributed by atoms with van der Waals surface area (Å²) in [6.07, 6.45) is 3.10. The molecule has 1 N–H and O–H groups in total. The lowest BCUT2D eigenvalue weighted by atomic mass is 9.59. The molecule has 2 bridgehead atoms. The zero-order valence-electron chi connectivity index (χ0n) is 20.7. The van der Waals surface area contributed by atoms with E-state index in [2.05, 4.69) is 13.8 Å². The third kappa shape index (κ3) is 4.56. The number of hydrogen-bond acceptors (Lipinski definition) is 5. The molecule has 2 aliphatic heterocycles. The van der Waals surface area contributed by atoms with Gasteiger partial charge in [0, 0.05) is 18.6 Å². The van der Waals surface area contributed by atoms with Crippen LogP contribution in [0.15, 0.2) is 45.7 Å². The van der Waals surface area contributed by atoms with Crippen molar-refractivity contribution in [1.82, 2.24) is 0 Å². The quantitative estimate of drug-likeness (QED) is 0.648. The minimum atomic E-state index is -3.62. The normalized spacial score (nSPS) is 39.6. The molecular weight excluding hydrogens is 436 g/mol. The average molecular weight is 477 g/mol. The van der Waals surface area contributed by atoms with Gasteiger partial charge < -0.3 is 14.6 Å². The van der Waals surface area contributed by atoms with Gasteiger partial charge in [0.1, 0.15) is 0 Å². The van der Waals surface area contributed by atoms with Crippen LogP contribution in [0.4, 0.5) is 0 Å². The molecule has 1 aromatic carbocycles. The summed E-state index contributed by atoms with van der Waals surface area (Å²) in [7, 11) is -1.87. The lowest BCUT2D eigenvalue weighted by Crippen LogP contribution is -2.49. The molecule has 0 spiro atoms. The highest BCUT2D eigenvalue weighted by atomic mass is 32.2. The first-order valence-electron chi connectivity index (χ1n) is 12.4. The first kappa shape index (κ1) is 24.9. The highest BCUT2D eigenvalue weighted by molar-refractivity contribution is 7.95. The second kappa shape index (κ2) is 9.44. The Morgan fingerprint density at radius 1 is 1.18 bits per heavy atom. The maximum atomic E-state index is 13.6. The van der Waals surface area contributed by atoms with Crippen molar-refractivity contribution in [3.63, 3.8) is 0 Å². The van der Waals surface area contributed by atoms with Crippen LogP contribution in [0.2, 0.25) is 0 Å². The van der Waals surface area contributed by atoms with Crippen molar-refractivity contribution in [1.29, 1.82) is 0 Å². The molecule has 0 radical (unpaired) electrons. The summed E-state index contributed by atoms with van der Waals surface area (Å²) >= 11 is 0. The largest absolute Gasteiger partial charge is 0.387 e. The molecular formula is C27H40O5S. The summed E-state index contributed by atoms with van der Waals surface area (Å²) in [5, 5.41) is 11.7. The topological polar surface area (TPSA) is 72.8 Å². The summed E-state index contributed by atoms with van der Waals surface area (Å²) in [6, 6.07) is 8.65. The highest BCUT2D eigenvalue weighted by Gasteiger charge is 2.58. The fourth-order valence-electron chi connectivity index (χ4n) is 6.91. The molecule has 2 heterocycles. The van der Waals surface area contributed by atoms with Crippen LogP contribution in [-0.4, -0.2) is 45.0 Å². The molecule has 0 unspecified atom stereocenters. The van der Waals surface area contributed by atoms with Gasteiger partial charge in [0.15, 0.2) is 0 Å². The lowest BCUT2D eigenvalue weighted by Gasteiger charge is -2.46. The summed E-state index contributed by atoms with van der Waals surface area (Å²) in [4.78, 5) is 0.762. The van der Waals surface area contributed by atoms with E-state index in [0.717, 1.165) is 18.4 Å². The summed E-state index contributed by atoms with van der Waals surface area (Å²) in [5.41, 5.74) is -0.231. The van der Waals surface area contributed by atoms with Gasteiger partial charge in [-0.3, -0.25) is 0 Å². The molecule has 184 valence electrons. The number of allylic oxidation sites excluding steroid dienone is 1. The van der Waals surface area contributed by atoms with Gasteiger partial charge >= 0.3 is 0 Å². The van der Waals surface area contributed by atoms with E-state index < -0.39 is 15.4 Å². The fraction of sp³-hybridized carbons (Fsp3) is 0.704. The van der Waals surface area contributed by atoms with Crippen molar-refractivity contribution in [2.45, 2.75) is 82.5 Å². The number of methoxy groups -OCH3 is 1. The fourth-order valence-corrected chi connectivity index (χ4v) is 8.63. The number of ether oxygens (including phenoxy) is 2. The summed E-state index contributed by atoms with van der Waals surface area (Å²) in [5.74, 6) is 1.88. The number of hydrogen-bond donors (Lipinski definition) is 1. The van der Waals surface area contributed by atoms with Crippen LogP contribution in [0.25, 0.3) is 0 Å². The smallest absolute Gasteiger partial charge is 0.202 e. The van der Waals surface area contributed by atoms with Crippen molar-refractivity contribution in [3.05, 3.63) is 40.8 Å². The minimum absolute atomic E-state index is 0.104. The molecule has 5 nitrogen and oxygen atoms in total. The molecule has 1 aliphatic carbocycles. The maximum Gasteiger partial charge on any atom is 0.202 e. The predicted molar refractivity (Wildman–Crippen MR) is 129 cm³/mol. The van der Waals surface area contributed by atoms with E-state index >= 15 is 0 Å². The Morgan fingerprint density at radius 2 is 1.88 bits per heavy atom.